The number of aliphatic hydroxyl groups is 1. The Bertz CT molecular complexity index is 2780. The first-order valence-electron chi connectivity index (χ1n) is 25.5. The lowest BCUT2D eigenvalue weighted by atomic mass is 9.67. The van der Waals surface area contributed by atoms with E-state index in [9.17, 15) is 43.5 Å². The van der Waals surface area contributed by atoms with Gasteiger partial charge in [0.2, 0.25) is 11.8 Å². The van der Waals surface area contributed by atoms with Gasteiger partial charge in [0.05, 0.1) is 5.41 Å². The molecule has 0 saturated heterocycles. The number of amides is 7. The molecule has 0 bridgehead atoms. The van der Waals surface area contributed by atoms with Crippen LogP contribution in [-0.4, -0.2) is 134 Å². The molecule has 3 aromatic rings. The predicted octanol–water partition coefficient (Wildman–Crippen LogP) is 6.07. The number of carbonyl (C=O) groups excluding carboxylic acids is 8. The van der Waals surface area contributed by atoms with E-state index in [-0.39, 0.29) is 63.8 Å². The predicted molar refractivity (Wildman–Crippen MR) is 279 cm³/mol. The van der Waals surface area contributed by atoms with Gasteiger partial charge in [-0.1, -0.05) is 86.2 Å². The Hall–Kier alpha value is -7.74. The van der Waals surface area contributed by atoms with Gasteiger partial charge in [-0.3, -0.25) is 19.2 Å². The number of esters is 1. The van der Waals surface area contributed by atoms with Crippen molar-refractivity contribution < 1.29 is 62.4 Å². The Morgan fingerprint density at radius 1 is 0.816 bits per heavy atom. The number of nitrogens with one attached hydrogen (secondary N) is 4. The van der Waals surface area contributed by atoms with Crippen LogP contribution >= 0.6 is 0 Å². The number of Topliss-reactive ketones (excluding diaryl/α,β-unsaturated/α-hetero) is 1. The molecule has 0 heterocycles. The van der Waals surface area contributed by atoms with E-state index in [4.69, 9.17) is 24.7 Å². The highest BCUT2D eigenvalue weighted by atomic mass is 16.6. The number of carbonyl (C=O) groups is 8. The summed E-state index contributed by atoms with van der Waals surface area (Å²) in [6.45, 7) is 9.82. The number of ketones is 1. The number of likely N-dealkylation sites (N-methyl/N-ethyl adjacent to an activating group) is 2. The van der Waals surface area contributed by atoms with Crippen LogP contribution in [0.2, 0.25) is 0 Å². The molecule has 7 rings (SSSR count). The molecule has 76 heavy (non-hydrogen) atoms. The van der Waals surface area contributed by atoms with Crippen molar-refractivity contribution in [3.63, 3.8) is 0 Å². The fourth-order valence-electron chi connectivity index (χ4n) is 10.4. The Labute approximate surface area is 442 Å². The minimum Gasteiger partial charge on any atom is -0.465 e. The third kappa shape index (κ3) is 12.0. The Balaban J connectivity index is 0.897. The van der Waals surface area contributed by atoms with Gasteiger partial charge in [0.25, 0.3) is 0 Å². The number of nitrogens with zero attached hydrogens (tertiary/aromatic N) is 2. The summed E-state index contributed by atoms with van der Waals surface area (Å²) in [7, 11) is 3.01. The van der Waals surface area contributed by atoms with Gasteiger partial charge in [-0.25, -0.2) is 19.2 Å². The number of primary amides is 1. The summed E-state index contributed by atoms with van der Waals surface area (Å²) in [4.78, 5) is 107. The summed E-state index contributed by atoms with van der Waals surface area (Å²) >= 11 is 0. The van der Waals surface area contributed by atoms with E-state index < -0.39 is 88.4 Å². The topological polar surface area (TPSA) is 274 Å². The van der Waals surface area contributed by atoms with Gasteiger partial charge >= 0.3 is 30.3 Å². The van der Waals surface area contributed by atoms with Crippen molar-refractivity contribution in [3.8, 4) is 11.1 Å². The fraction of sp³-hybridized carbons (Fsp3) is 0.464. The minimum atomic E-state index is -1.64. The molecule has 20 heteroatoms. The smallest absolute Gasteiger partial charge is 0.410 e. The van der Waals surface area contributed by atoms with Crippen molar-refractivity contribution in [1.82, 2.24) is 25.8 Å². The summed E-state index contributed by atoms with van der Waals surface area (Å²) in [6.07, 6.45) is -0.00307. The molecule has 5 atom stereocenters. The summed E-state index contributed by atoms with van der Waals surface area (Å²) < 4.78 is 22.7. The zero-order valence-electron chi connectivity index (χ0n) is 44.3. The van der Waals surface area contributed by atoms with Crippen LogP contribution in [0.4, 0.5) is 24.9 Å². The van der Waals surface area contributed by atoms with Gasteiger partial charge in [-0.15, -0.1) is 0 Å². The van der Waals surface area contributed by atoms with Gasteiger partial charge in [0.1, 0.15) is 43.6 Å². The van der Waals surface area contributed by atoms with E-state index in [1.54, 1.807) is 51.1 Å². The van der Waals surface area contributed by atoms with E-state index in [1.807, 2.05) is 55.5 Å². The SMILES string of the molecule is CC(=O)OCC1(C)C=C2C(=O)[C@](C)(O)C3(CC3)C(C)=C2C1OC(=O)N(C)CCN(C)C(=O)OCc1ccc(NC(=O)[C@H](CCCNC(N)=O)NC(=O)[C@@H](NC(=O)OCC2c3ccccc3-c3ccccc32)C(C)C)cc1. The highest BCUT2D eigenvalue weighted by molar-refractivity contribution is 6.09. The second kappa shape index (κ2) is 23.0. The number of nitrogens with two attached hydrogens (primary N) is 1. The molecule has 20 nitrogen and oxygen atoms in total. The maximum Gasteiger partial charge on any atom is 0.410 e. The van der Waals surface area contributed by atoms with Crippen molar-refractivity contribution in [2.24, 2.45) is 22.5 Å². The molecule has 7 N–H and O–H groups in total. The highest BCUT2D eigenvalue weighted by Gasteiger charge is 2.67. The van der Waals surface area contributed by atoms with Gasteiger partial charge < -0.3 is 60.9 Å². The summed E-state index contributed by atoms with van der Waals surface area (Å²) in [5, 5.41) is 22.1. The second-order valence-corrected chi connectivity index (χ2v) is 20.9. The van der Waals surface area contributed by atoms with E-state index >= 15 is 0 Å². The van der Waals surface area contributed by atoms with Crippen molar-refractivity contribution >= 4 is 53.6 Å². The number of hydrogen-bond donors (Lipinski definition) is 6. The van der Waals surface area contributed by atoms with Crippen molar-refractivity contribution in [2.75, 3.05) is 52.3 Å². The third-order valence-corrected chi connectivity index (χ3v) is 15.1. The Morgan fingerprint density at radius 3 is 2.00 bits per heavy atom. The summed E-state index contributed by atoms with van der Waals surface area (Å²) in [6, 6.07) is 19.5. The van der Waals surface area contributed by atoms with Gasteiger partial charge in [0, 0.05) is 68.8 Å². The van der Waals surface area contributed by atoms with Crippen LogP contribution in [0.15, 0.2) is 95.6 Å². The number of urea groups is 1. The monoisotopic (exact) mass is 1050 g/mol. The molecule has 1 spiro atoms. The van der Waals surface area contributed by atoms with Crippen molar-refractivity contribution in [1.29, 1.82) is 0 Å². The standard InChI is InChI=1S/C56H69N7O13/c1-32(2)45(61-51(69)73-30-42-39-16-11-9-14-37(39)38-15-10-12-17-40(38)42)49(67)60-43(18-13-25-58-50(57)68)48(66)59-36-21-19-35(20-22-36)29-74-52(70)62(7)26-27-63(8)53(71)76-47-44-33(3)56(23-24-56)55(6,72)46(65)41(44)28-54(47,5)31-75-34(4)64/h9-12,14-17,19-22,28,32,42-43,45,47,72H,13,18,23-27,29-31H2,1-8H3,(H,59,66)(H,60,67)(H,61,69)(H3,57,58,68)/t43-,45-,47?,54?,55-/m0/s1. The van der Waals surface area contributed by atoms with Gasteiger partial charge in [0.15, 0.2) is 5.78 Å². The molecular weight excluding hydrogens is 979 g/mol. The first kappa shape index (κ1) is 56.0. The molecule has 1 fully saturated rings. The number of fused-ring (bicyclic) bond motifs is 4. The molecule has 0 aliphatic heterocycles. The lowest BCUT2D eigenvalue weighted by molar-refractivity contribution is -0.144. The number of alkyl carbamates (subject to hydrolysis) is 1. The van der Waals surface area contributed by atoms with Gasteiger partial charge in [-0.2, -0.15) is 0 Å². The highest BCUT2D eigenvalue weighted by Crippen LogP contribution is 2.66. The molecule has 1 saturated carbocycles. The molecule has 4 aliphatic rings. The first-order chi connectivity index (χ1) is 36.0. The number of ether oxygens (including phenoxy) is 4. The normalized spacial score (nSPS) is 20.5. The first-order valence-corrected chi connectivity index (χ1v) is 25.5. The number of benzene rings is 3. The average Bonchev–Trinajstić information content (AvgIpc) is 4.27. The van der Waals surface area contributed by atoms with Crippen LogP contribution in [0.25, 0.3) is 11.1 Å². The molecule has 0 radical (unpaired) electrons. The van der Waals surface area contributed by atoms with Crippen LogP contribution in [-0.2, 0) is 44.7 Å². The summed E-state index contributed by atoms with van der Waals surface area (Å²) in [5.41, 5.74) is 8.43. The lowest BCUT2D eigenvalue weighted by Gasteiger charge is -2.40. The van der Waals surface area contributed by atoms with Crippen molar-refractivity contribution in [3.05, 3.63) is 112 Å². The molecule has 2 unspecified atom stereocenters. The third-order valence-electron chi connectivity index (χ3n) is 15.1. The number of hydrogen-bond acceptors (Lipinski definition) is 13. The Kier molecular flexibility index (Phi) is 17.0. The zero-order chi connectivity index (χ0) is 55.3. The van der Waals surface area contributed by atoms with E-state index in [0.717, 1.165) is 27.8 Å². The molecular formula is C56H69N7O13. The lowest BCUT2D eigenvalue weighted by Crippen LogP contribution is -2.54. The molecule has 406 valence electrons. The van der Waals surface area contributed by atoms with Crippen LogP contribution in [0.1, 0.15) is 89.8 Å². The molecule has 3 aromatic carbocycles. The van der Waals surface area contributed by atoms with Gasteiger partial charge in [-0.05, 0) is 92.3 Å². The van der Waals surface area contributed by atoms with Crippen LogP contribution in [0.3, 0.4) is 0 Å². The van der Waals surface area contributed by atoms with Crippen LogP contribution in [0, 0.1) is 16.7 Å². The minimum absolute atomic E-state index is 0.0401. The zero-order valence-corrected chi connectivity index (χ0v) is 44.3. The maximum absolute atomic E-state index is 13.8. The Morgan fingerprint density at radius 2 is 1.42 bits per heavy atom. The number of anilines is 1. The maximum atomic E-state index is 13.8. The van der Waals surface area contributed by atoms with E-state index in [2.05, 4.69) is 21.3 Å². The summed E-state index contributed by atoms with van der Waals surface area (Å²) in [5.74, 6) is -2.78. The quantitative estimate of drug-likeness (QED) is 0.0427. The van der Waals surface area contributed by atoms with Crippen molar-refractivity contribution in [2.45, 2.75) is 104 Å². The molecule has 4 aliphatic carbocycles. The number of rotatable bonds is 20. The average molecular weight is 1050 g/mol. The van der Waals surface area contributed by atoms with E-state index in [1.165, 1.54) is 37.7 Å². The second-order valence-electron chi connectivity index (χ2n) is 20.9. The van der Waals surface area contributed by atoms with E-state index in [0.29, 0.717) is 29.7 Å². The fourth-order valence-corrected chi connectivity index (χ4v) is 10.4. The molecule has 0 aromatic heterocycles. The molecule has 7 amide bonds. The van der Waals surface area contributed by atoms with Crippen LogP contribution in [0.5, 0.6) is 0 Å². The van der Waals surface area contributed by atoms with Crippen LogP contribution < -0.4 is 27.0 Å². The largest absolute Gasteiger partial charge is 0.465 e.